The lowest BCUT2D eigenvalue weighted by atomic mass is 10.1. The number of carbonyl (C=O) groups is 1. The molecule has 0 saturated carbocycles. The lowest BCUT2D eigenvalue weighted by Gasteiger charge is -2.09. The predicted molar refractivity (Wildman–Crippen MR) is 74.6 cm³/mol. The molecule has 0 aliphatic rings. The van der Waals surface area contributed by atoms with E-state index in [9.17, 15) is 9.18 Å². The van der Waals surface area contributed by atoms with Gasteiger partial charge < -0.3 is 5.73 Å². The molecule has 0 aliphatic heterocycles. The first-order valence-corrected chi connectivity index (χ1v) is 6.18. The van der Waals surface area contributed by atoms with Gasteiger partial charge in [0.2, 0.25) is 0 Å². The number of rotatable bonds is 2. The smallest absolute Gasteiger partial charge is 0.253 e. The fourth-order valence-corrected chi connectivity index (χ4v) is 2.36. The van der Waals surface area contributed by atoms with E-state index in [0.717, 1.165) is 0 Å². The Balaban J connectivity index is 2.35. The van der Waals surface area contributed by atoms with Crippen molar-refractivity contribution < 1.29 is 9.18 Å². The average Bonchev–Trinajstić information content (AvgIpc) is 2.83. The number of primary amides is 1. The van der Waals surface area contributed by atoms with Gasteiger partial charge in [0, 0.05) is 5.39 Å². The van der Waals surface area contributed by atoms with E-state index in [0.29, 0.717) is 15.9 Å². The molecule has 1 aromatic heterocycles. The highest BCUT2D eigenvalue weighted by Gasteiger charge is 2.17. The highest BCUT2D eigenvalue weighted by molar-refractivity contribution is 6.35. The van der Waals surface area contributed by atoms with E-state index in [-0.39, 0.29) is 11.3 Å². The molecule has 0 spiro atoms. The van der Waals surface area contributed by atoms with Crippen molar-refractivity contribution in [3.63, 3.8) is 0 Å². The van der Waals surface area contributed by atoms with Crippen molar-refractivity contribution in [1.29, 1.82) is 0 Å². The van der Waals surface area contributed by atoms with Crippen molar-refractivity contribution in [2.24, 2.45) is 5.73 Å². The summed E-state index contributed by atoms with van der Waals surface area (Å²) in [6, 6.07) is 9.53. The van der Waals surface area contributed by atoms with Gasteiger partial charge in [-0.3, -0.25) is 4.79 Å². The van der Waals surface area contributed by atoms with E-state index in [1.807, 2.05) is 0 Å². The van der Waals surface area contributed by atoms with E-state index in [4.69, 9.17) is 17.3 Å². The zero-order valence-corrected chi connectivity index (χ0v) is 10.9. The quantitative estimate of drug-likeness (QED) is 0.788. The average molecular weight is 290 g/mol. The molecule has 0 bridgehead atoms. The Kier molecular flexibility index (Phi) is 2.91. The first-order valence-electron chi connectivity index (χ1n) is 5.80. The highest BCUT2D eigenvalue weighted by atomic mass is 35.5. The Labute approximate surface area is 118 Å². The molecule has 4 nitrogen and oxygen atoms in total. The number of hydrogen-bond donors (Lipinski definition) is 1. The maximum Gasteiger partial charge on any atom is 0.253 e. The van der Waals surface area contributed by atoms with Gasteiger partial charge in [0.25, 0.3) is 5.91 Å². The standard InChI is InChI=1S/C14H9ClFN3O/c15-9-3-1-5-11-8(9)7-18-19(11)12-6-2-4-10(16)13(12)14(17)20/h1-7H,(H2,17,20). The van der Waals surface area contributed by atoms with Gasteiger partial charge in [0.1, 0.15) is 11.4 Å². The van der Waals surface area contributed by atoms with Crippen molar-refractivity contribution in [1.82, 2.24) is 9.78 Å². The minimum absolute atomic E-state index is 0.197. The van der Waals surface area contributed by atoms with Gasteiger partial charge in [0.05, 0.1) is 22.4 Å². The van der Waals surface area contributed by atoms with Gasteiger partial charge in [-0.05, 0) is 24.3 Å². The molecule has 2 aromatic carbocycles. The van der Waals surface area contributed by atoms with Gasteiger partial charge in [0.15, 0.2) is 0 Å². The van der Waals surface area contributed by atoms with Crippen LogP contribution in [-0.2, 0) is 0 Å². The Morgan fingerprint density at radius 2 is 2.00 bits per heavy atom. The largest absolute Gasteiger partial charge is 0.365 e. The van der Waals surface area contributed by atoms with Crippen LogP contribution >= 0.6 is 11.6 Å². The summed E-state index contributed by atoms with van der Waals surface area (Å²) in [5.74, 6) is -1.52. The van der Waals surface area contributed by atoms with Crippen molar-refractivity contribution in [2.75, 3.05) is 0 Å². The molecule has 0 fully saturated rings. The molecule has 0 atom stereocenters. The monoisotopic (exact) mass is 289 g/mol. The zero-order chi connectivity index (χ0) is 14.3. The molecule has 2 N–H and O–H groups in total. The number of hydrogen-bond acceptors (Lipinski definition) is 2. The van der Waals surface area contributed by atoms with Gasteiger partial charge in [-0.25, -0.2) is 9.07 Å². The van der Waals surface area contributed by atoms with E-state index < -0.39 is 11.7 Å². The van der Waals surface area contributed by atoms with Crippen LogP contribution in [0.4, 0.5) is 4.39 Å². The second-order valence-corrected chi connectivity index (χ2v) is 4.63. The van der Waals surface area contributed by atoms with Gasteiger partial charge >= 0.3 is 0 Å². The van der Waals surface area contributed by atoms with Gasteiger partial charge in [-0.1, -0.05) is 23.7 Å². The molecule has 1 amide bonds. The van der Waals surface area contributed by atoms with E-state index >= 15 is 0 Å². The molecular weight excluding hydrogens is 281 g/mol. The molecule has 100 valence electrons. The number of aromatic nitrogens is 2. The van der Waals surface area contributed by atoms with Crippen LogP contribution in [-0.4, -0.2) is 15.7 Å². The molecule has 1 heterocycles. The third-order valence-corrected chi connectivity index (χ3v) is 3.36. The first-order chi connectivity index (χ1) is 9.59. The molecule has 0 saturated heterocycles. The second-order valence-electron chi connectivity index (χ2n) is 4.23. The molecule has 0 radical (unpaired) electrons. The Bertz CT molecular complexity index is 828. The second kappa shape index (κ2) is 4.61. The van der Waals surface area contributed by atoms with Gasteiger partial charge in [-0.15, -0.1) is 0 Å². The van der Waals surface area contributed by atoms with Crippen molar-refractivity contribution >= 4 is 28.4 Å². The van der Waals surface area contributed by atoms with Crippen molar-refractivity contribution in [3.05, 3.63) is 59.0 Å². The summed E-state index contributed by atoms with van der Waals surface area (Å²) in [6.07, 6.45) is 1.56. The molecule has 3 aromatic rings. The lowest BCUT2D eigenvalue weighted by molar-refractivity contribution is 0.0996. The minimum atomic E-state index is -0.844. The summed E-state index contributed by atoms with van der Waals surface area (Å²) in [6.45, 7) is 0. The fraction of sp³-hybridized carbons (Fsp3) is 0. The Morgan fingerprint density at radius 1 is 1.25 bits per heavy atom. The van der Waals surface area contributed by atoms with Crippen molar-refractivity contribution in [3.8, 4) is 5.69 Å². The molecule has 0 aliphatic carbocycles. The van der Waals surface area contributed by atoms with Crippen molar-refractivity contribution in [2.45, 2.75) is 0 Å². The fourth-order valence-electron chi connectivity index (χ4n) is 2.14. The predicted octanol–water partition coefficient (Wildman–Crippen LogP) is 2.92. The summed E-state index contributed by atoms with van der Waals surface area (Å²) < 4.78 is 15.3. The molecule has 3 rings (SSSR count). The van der Waals surface area contributed by atoms with Crippen LogP contribution in [0.25, 0.3) is 16.6 Å². The lowest BCUT2D eigenvalue weighted by Crippen LogP contribution is -2.17. The van der Waals surface area contributed by atoms with Crippen LogP contribution in [0.3, 0.4) is 0 Å². The molecule has 20 heavy (non-hydrogen) atoms. The number of amides is 1. The number of carbonyl (C=O) groups excluding carboxylic acids is 1. The van der Waals surface area contributed by atoms with Crippen LogP contribution in [0.15, 0.2) is 42.6 Å². The van der Waals surface area contributed by atoms with Crippen LogP contribution in [0.5, 0.6) is 0 Å². The summed E-state index contributed by atoms with van der Waals surface area (Å²) in [5.41, 5.74) is 6.01. The Hall–Kier alpha value is -2.40. The number of halogens is 2. The van der Waals surface area contributed by atoms with Gasteiger partial charge in [-0.2, -0.15) is 5.10 Å². The van der Waals surface area contributed by atoms with Crippen LogP contribution in [0, 0.1) is 5.82 Å². The Morgan fingerprint density at radius 3 is 2.75 bits per heavy atom. The number of fused-ring (bicyclic) bond motifs is 1. The third-order valence-electron chi connectivity index (χ3n) is 3.03. The summed E-state index contributed by atoms with van der Waals surface area (Å²) in [4.78, 5) is 11.5. The SMILES string of the molecule is NC(=O)c1c(F)cccc1-n1ncc2c(Cl)cccc21. The molecular formula is C14H9ClFN3O. The summed E-state index contributed by atoms with van der Waals surface area (Å²) in [5, 5.41) is 5.42. The maximum atomic E-state index is 13.8. The maximum absolute atomic E-state index is 13.8. The minimum Gasteiger partial charge on any atom is -0.365 e. The number of nitrogens with zero attached hydrogens (tertiary/aromatic N) is 2. The molecule has 0 unspecified atom stereocenters. The van der Waals surface area contributed by atoms with Crippen LogP contribution in [0.2, 0.25) is 5.02 Å². The number of benzene rings is 2. The molecule has 6 heteroatoms. The summed E-state index contributed by atoms with van der Waals surface area (Å²) >= 11 is 6.07. The van der Waals surface area contributed by atoms with Crippen LogP contribution < -0.4 is 5.73 Å². The van der Waals surface area contributed by atoms with E-state index in [1.165, 1.54) is 16.8 Å². The van der Waals surface area contributed by atoms with E-state index in [2.05, 4.69) is 5.10 Å². The third kappa shape index (κ3) is 1.83. The zero-order valence-electron chi connectivity index (χ0n) is 10.2. The van der Waals surface area contributed by atoms with E-state index in [1.54, 1.807) is 30.5 Å². The van der Waals surface area contributed by atoms with Crippen LogP contribution in [0.1, 0.15) is 10.4 Å². The number of nitrogens with two attached hydrogens (primary N) is 1. The first kappa shape index (κ1) is 12.6. The summed E-state index contributed by atoms with van der Waals surface area (Å²) in [7, 11) is 0. The highest BCUT2D eigenvalue weighted by Crippen LogP contribution is 2.26. The normalized spacial score (nSPS) is 10.9. The topological polar surface area (TPSA) is 60.9 Å².